The van der Waals surface area contributed by atoms with Gasteiger partial charge in [0.25, 0.3) is 0 Å². The van der Waals surface area contributed by atoms with E-state index < -0.39 is 5.97 Å². The Morgan fingerprint density at radius 1 is 1.50 bits per heavy atom. The van der Waals surface area contributed by atoms with Gasteiger partial charge in [-0.2, -0.15) is 0 Å². The fourth-order valence-electron chi connectivity index (χ4n) is 3.74. The number of thiophene rings is 1. The van der Waals surface area contributed by atoms with E-state index in [4.69, 9.17) is 5.11 Å². The number of nitrogens with zero attached hydrogens (tertiary/aromatic N) is 1. The maximum Gasteiger partial charge on any atom is 0.305 e. The van der Waals surface area contributed by atoms with Crippen LogP contribution in [0.25, 0.3) is 0 Å². The van der Waals surface area contributed by atoms with Gasteiger partial charge in [-0.15, -0.1) is 11.3 Å². The first kappa shape index (κ1) is 14.0. The third-order valence-corrected chi connectivity index (χ3v) is 5.79. The number of carbonyl (C=O) groups is 1. The van der Waals surface area contributed by atoms with Gasteiger partial charge in [0.15, 0.2) is 0 Å². The summed E-state index contributed by atoms with van der Waals surface area (Å²) in [5.41, 5.74) is 0. The van der Waals surface area contributed by atoms with Gasteiger partial charge in [-0.1, -0.05) is 6.07 Å². The van der Waals surface area contributed by atoms with Crippen LogP contribution in [-0.4, -0.2) is 41.1 Å². The Balaban J connectivity index is 1.66. The predicted octanol–water partition coefficient (Wildman–Crippen LogP) is 2.48. The number of nitrogens with one attached hydrogen (secondary N) is 1. The molecule has 20 heavy (non-hydrogen) atoms. The number of hydrogen-bond donors (Lipinski definition) is 2. The minimum absolute atomic E-state index is 0.0414. The summed E-state index contributed by atoms with van der Waals surface area (Å²) in [7, 11) is 2.23. The van der Waals surface area contributed by atoms with Crippen LogP contribution in [0.4, 0.5) is 0 Å². The summed E-state index contributed by atoms with van der Waals surface area (Å²) < 4.78 is 0. The molecule has 0 saturated carbocycles. The van der Waals surface area contributed by atoms with Crippen LogP contribution in [0.5, 0.6) is 0 Å². The van der Waals surface area contributed by atoms with Crippen LogP contribution >= 0.6 is 11.3 Å². The molecule has 4 nitrogen and oxygen atoms in total. The van der Waals surface area contributed by atoms with Crippen molar-refractivity contribution in [2.75, 3.05) is 7.05 Å². The fraction of sp³-hybridized carbons (Fsp3) is 0.667. The van der Waals surface area contributed by atoms with Gasteiger partial charge in [0.2, 0.25) is 0 Å². The van der Waals surface area contributed by atoms with Crippen LogP contribution in [0.1, 0.15) is 43.0 Å². The lowest BCUT2D eigenvalue weighted by molar-refractivity contribution is -0.137. The van der Waals surface area contributed by atoms with E-state index in [2.05, 4.69) is 17.3 Å². The molecule has 1 aromatic rings. The van der Waals surface area contributed by atoms with Crippen molar-refractivity contribution in [3.8, 4) is 0 Å². The van der Waals surface area contributed by atoms with E-state index in [1.54, 1.807) is 11.3 Å². The summed E-state index contributed by atoms with van der Waals surface area (Å²) in [6.45, 7) is 0. The third kappa shape index (κ3) is 2.90. The molecule has 2 aliphatic heterocycles. The first-order chi connectivity index (χ1) is 9.63. The van der Waals surface area contributed by atoms with Crippen molar-refractivity contribution in [2.24, 2.45) is 0 Å². The Bertz CT molecular complexity index is 448. The van der Waals surface area contributed by atoms with Gasteiger partial charge in [-0.05, 0) is 44.2 Å². The van der Waals surface area contributed by atoms with Crippen molar-refractivity contribution in [3.05, 3.63) is 22.4 Å². The molecule has 0 spiro atoms. The molecular weight excluding hydrogens is 272 g/mol. The second kappa shape index (κ2) is 5.84. The maximum atomic E-state index is 11.1. The molecule has 3 atom stereocenters. The summed E-state index contributed by atoms with van der Waals surface area (Å²) in [6.07, 6.45) is 5.05. The van der Waals surface area contributed by atoms with Crippen LogP contribution in [0, 0.1) is 0 Å². The molecule has 110 valence electrons. The topological polar surface area (TPSA) is 52.6 Å². The lowest BCUT2D eigenvalue weighted by Gasteiger charge is -2.38. The minimum Gasteiger partial charge on any atom is -0.481 e. The Morgan fingerprint density at radius 2 is 2.20 bits per heavy atom. The van der Waals surface area contributed by atoms with Gasteiger partial charge in [0.1, 0.15) is 0 Å². The zero-order chi connectivity index (χ0) is 14.1. The Morgan fingerprint density at radius 3 is 2.75 bits per heavy atom. The van der Waals surface area contributed by atoms with Gasteiger partial charge < -0.3 is 15.3 Å². The summed E-state index contributed by atoms with van der Waals surface area (Å²) >= 11 is 1.64. The number of hydrogen-bond acceptors (Lipinski definition) is 4. The number of piperidine rings is 1. The first-order valence-corrected chi connectivity index (χ1v) is 8.24. The van der Waals surface area contributed by atoms with Crippen molar-refractivity contribution in [2.45, 2.75) is 56.3 Å². The van der Waals surface area contributed by atoms with Crippen molar-refractivity contribution in [3.63, 3.8) is 0 Å². The molecule has 2 N–H and O–H groups in total. The van der Waals surface area contributed by atoms with Crippen molar-refractivity contribution in [1.29, 1.82) is 0 Å². The van der Waals surface area contributed by atoms with Crippen LogP contribution in [-0.2, 0) is 4.79 Å². The molecule has 2 bridgehead atoms. The average molecular weight is 294 g/mol. The van der Waals surface area contributed by atoms with Crippen molar-refractivity contribution < 1.29 is 9.90 Å². The summed E-state index contributed by atoms with van der Waals surface area (Å²) in [4.78, 5) is 14.7. The highest BCUT2D eigenvalue weighted by Gasteiger charge is 2.39. The van der Waals surface area contributed by atoms with E-state index in [9.17, 15) is 4.79 Å². The average Bonchev–Trinajstić information content (AvgIpc) is 2.97. The van der Waals surface area contributed by atoms with Crippen LogP contribution < -0.4 is 5.32 Å². The minimum atomic E-state index is -0.730. The van der Waals surface area contributed by atoms with Crippen LogP contribution in [0.3, 0.4) is 0 Å². The largest absolute Gasteiger partial charge is 0.481 e. The van der Waals surface area contributed by atoms with E-state index in [-0.39, 0.29) is 12.5 Å². The monoisotopic (exact) mass is 294 g/mol. The Labute approximate surface area is 123 Å². The molecule has 5 heteroatoms. The molecule has 2 aliphatic rings. The Kier molecular flexibility index (Phi) is 4.10. The number of carboxylic acid groups (broad SMARTS) is 1. The normalized spacial score (nSPS) is 31.4. The summed E-state index contributed by atoms with van der Waals surface area (Å²) in [5, 5.41) is 14.8. The van der Waals surface area contributed by atoms with E-state index in [0.29, 0.717) is 18.1 Å². The van der Waals surface area contributed by atoms with E-state index in [1.165, 1.54) is 12.8 Å². The molecule has 2 saturated heterocycles. The van der Waals surface area contributed by atoms with Gasteiger partial charge >= 0.3 is 5.97 Å². The molecular formula is C15H22N2O2S. The zero-order valence-electron chi connectivity index (χ0n) is 11.8. The number of rotatable bonds is 5. The highest BCUT2D eigenvalue weighted by Crippen LogP contribution is 2.35. The van der Waals surface area contributed by atoms with Crippen LogP contribution in [0.2, 0.25) is 0 Å². The van der Waals surface area contributed by atoms with Crippen molar-refractivity contribution in [1.82, 2.24) is 10.2 Å². The zero-order valence-corrected chi connectivity index (χ0v) is 12.6. The number of fused-ring (bicyclic) bond motifs is 2. The maximum absolute atomic E-state index is 11.1. The van der Waals surface area contributed by atoms with Crippen molar-refractivity contribution >= 4 is 17.3 Å². The number of aliphatic carboxylic acids is 1. The third-order valence-electron chi connectivity index (χ3n) is 4.80. The highest BCUT2D eigenvalue weighted by molar-refractivity contribution is 7.10. The van der Waals surface area contributed by atoms with Gasteiger partial charge in [0.05, 0.1) is 12.5 Å². The molecule has 0 aliphatic carbocycles. The van der Waals surface area contributed by atoms with Crippen LogP contribution in [0.15, 0.2) is 17.5 Å². The highest BCUT2D eigenvalue weighted by atomic mass is 32.1. The van der Waals surface area contributed by atoms with Gasteiger partial charge in [-0.25, -0.2) is 0 Å². The standard InChI is InChI=1S/C15H22N2O2S/c1-17-11-4-5-12(17)8-10(7-11)16-13(9-15(18)19)14-3-2-6-20-14/h2-3,6,10-13,16H,4-5,7-9H2,1H3,(H,18,19). The SMILES string of the molecule is CN1C2CCC1CC(NC(CC(=O)O)c1cccs1)C2. The Hall–Kier alpha value is -0.910. The van der Waals surface area contributed by atoms with E-state index in [0.717, 1.165) is 17.7 Å². The summed E-state index contributed by atoms with van der Waals surface area (Å²) in [6, 6.07) is 5.81. The summed E-state index contributed by atoms with van der Waals surface area (Å²) in [5.74, 6) is -0.730. The molecule has 0 aromatic carbocycles. The molecule has 0 radical (unpaired) electrons. The number of carboxylic acids is 1. The molecule has 3 heterocycles. The molecule has 3 rings (SSSR count). The van der Waals surface area contributed by atoms with Gasteiger partial charge in [-0.3, -0.25) is 4.79 Å². The quantitative estimate of drug-likeness (QED) is 0.876. The second-order valence-corrected chi connectivity index (χ2v) is 7.03. The lowest BCUT2D eigenvalue weighted by atomic mass is 9.96. The van der Waals surface area contributed by atoms with E-state index >= 15 is 0 Å². The predicted molar refractivity (Wildman–Crippen MR) is 80.0 cm³/mol. The first-order valence-electron chi connectivity index (χ1n) is 7.36. The molecule has 2 fully saturated rings. The van der Waals surface area contributed by atoms with Gasteiger partial charge in [0, 0.05) is 23.0 Å². The van der Waals surface area contributed by atoms with E-state index in [1.807, 2.05) is 17.5 Å². The smallest absolute Gasteiger partial charge is 0.305 e. The molecule has 3 unspecified atom stereocenters. The lowest BCUT2D eigenvalue weighted by Crippen LogP contribution is -2.48. The second-order valence-electron chi connectivity index (χ2n) is 6.05. The molecule has 1 aromatic heterocycles. The molecule has 0 amide bonds. The fourth-order valence-corrected chi connectivity index (χ4v) is 4.52.